The minimum Gasteiger partial charge on any atom is -0.326 e. The summed E-state index contributed by atoms with van der Waals surface area (Å²) in [7, 11) is 0. The molecule has 0 radical (unpaired) electrons. The van der Waals surface area contributed by atoms with Crippen LogP contribution in [0.1, 0.15) is 17.9 Å². The van der Waals surface area contributed by atoms with E-state index < -0.39 is 5.92 Å². The van der Waals surface area contributed by atoms with E-state index >= 15 is 0 Å². The first kappa shape index (κ1) is 15.1. The van der Waals surface area contributed by atoms with Gasteiger partial charge in [0.2, 0.25) is 11.8 Å². The lowest BCUT2D eigenvalue weighted by molar-refractivity contribution is -0.123. The van der Waals surface area contributed by atoms with Crippen molar-refractivity contribution in [1.82, 2.24) is 14.8 Å². The molecule has 1 aliphatic rings. The SMILES string of the molecule is O=C1CC(C(=O)Nc2cccnc2-n2cccn2)c2ccccc2N1. The Morgan fingerprint density at radius 1 is 1.16 bits per heavy atom. The number of rotatable bonds is 3. The molecule has 25 heavy (non-hydrogen) atoms. The number of carbonyl (C=O) groups is 2. The summed E-state index contributed by atoms with van der Waals surface area (Å²) in [4.78, 5) is 29.1. The summed E-state index contributed by atoms with van der Waals surface area (Å²) in [6, 6.07) is 12.6. The van der Waals surface area contributed by atoms with Crippen molar-refractivity contribution in [1.29, 1.82) is 0 Å². The molecule has 0 saturated heterocycles. The van der Waals surface area contributed by atoms with E-state index in [2.05, 4.69) is 20.7 Å². The van der Waals surface area contributed by atoms with Crippen LogP contribution in [-0.4, -0.2) is 26.6 Å². The van der Waals surface area contributed by atoms with Crippen molar-refractivity contribution in [2.75, 3.05) is 10.6 Å². The lowest BCUT2D eigenvalue weighted by Gasteiger charge is -2.25. The first-order valence-corrected chi connectivity index (χ1v) is 7.87. The summed E-state index contributed by atoms with van der Waals surface area (Å²) >= 11 is 0. The van der Waals surface area contributed by atoms with Gasteiger partial charge in [-0.25, -0.2) is 9.67 Å². The summed E-state index contributed by atoms with van der Waals surface area (Å²) in [5.41, 5.74) is 2.03. The van der Waals surface area contributed by atoms with Crippen molar-refractivity contribution in [2.45, 2.75) is 12.3 Å². The molecule has 7 heteroatoms. The number of nitrogens with one attached hydrogen (secondary N) is 2. The number of nitrogens with zero attached hydrogens (tertiary/aromatic N) is 3. The lowest BCUT2D eigenvalue weighted by Crippen LogP contribution is -2.31. The smallest absolute Gasteiger partial charge is 0.232 e. The number of aromatic nitrogens is 3. The van der Waals surface area contributed by atoms with Gasteiger partial charge in [0.15, 0.2) is 5.82 Å². The van der Waals surface area contributed by atoms with Gasteiger partial charge in [0, 0.05) is 30.7 Å². The summed E-state index contributed by atoms with van der Waals surface area (Å²) in [5.74, 6) is -0.439. The van der Waals surface area contributed by atoms with Crippen LogP contribution < -0.4 is 10.6 Å². The zero-order valence-electron chi connectivity index (χ0n) is 13.2. The molecule has 0 aliphatic carbocycles. The lowest BCUT2D eigenvalue weighted by atomic mass is 9.90. The fourth-order valence-electron chi connectivity index (χ4n) is 2.94. The quantitative estimate of drug-likeness (QED) is 0.770. The maximum atomic E-state index is 12.8. The van der Waals surface area contributed by atoms with Crippen molar-refractivity contribution in [3.63, 3.8) is 0 Å². The van der Waals surface area contributed by atoms with Crippen LogP contribution in [0.25, 0.3) is 5.82 Å². The number of fused-ring (bicyclic) bond motifs is 1. The third-order valence-corrected chi connectivity index (χ3v) is 4.08. The number of benzene rings is 1. The highest BCUT2D eigenvalue weighted by Gasteiger charge is 2.30. The van der Waals surface area contributed by atoms with Gasteiger partial charge in [-0.05, 0) is 29.8 Å². The van der Waals surface area contributed by atoms with Crippen molar-refractivity contribution in [3.05, 3.63) is 66.6 Å². The van der Waals surface area contributed by atoms with E-state index in [1.807, 2.05) is 18.2 Å². The molecule has 2 N–H and O–H groups in total. The Kier molecular flexibility index (Phi) is 3.74. The van der Waals surface area contributed by atoms with Gasteiger partial charge in [-0.1, -0.05) is 18.2 Å². The van der Waals surface area contributed by atoms with Crippen LogP contribution in [0.2, 0.25) is 0 Å². The van der Waals surface area contributed by atoms with Crippen molar-refractivity contribution in [2.24, 2.45) is 0 Å². The van der Waals surface area contributed by atoms with Crippen LogP contribution in [0.4, 0.5) is 11.4 Å². The first-order valence-electron chi connectivity index (χ1n) is 7.87. The maximum Gasteiger partial charge on any atom is 0.232 e. The molecule has 1 atom stereocenters. The van der Waals surface area contributed by atoms with E-state index in [0.29, 0.717) is 17.2 Å². The van der Waals surface area contributed by atoms with Gasteiger partial charge >= 0.3 is 0 Å². The van der Waals surface area contributed by atoms with Gasteiger partial charge in [-0.2, -0.15) is 5.10 Å². The second kappa shape index (κ2) is 6.20. The highest BCUT2D eigenvalue weighted by molar-refractivity contribution is 6.05. The fraction of sp³-hybridized carbons (Fsp3) is 0.111. The molecular formula is C18H15N5O2. The average molecular weight is 333 g/mol. The molecule has 124 valence electrons. The fourth-order valence-corrected chi connectivity index (χ4v) is 2.94. The summed E-state index contributed by atoms with van der Waals surface area (Å²) < 4.78 is 1.58. The third-order valence-electron chi connectivity index (χ3n) is 4.08. The van der Waals surface area contributed by atoms with E-state index in [4.69, 9.17) is 0 Å². The molecule has 7 nitrogen and oxygen atoms in total. The summed E-state index contributed by atoms with van der Waals surface area (Å²) in [6.07, 6.45) is 5.14. The van der Waals surface area contributed by atoms with Gasteiger partial charge in [0.25, 0.3) is 0 Å². The van der Waals surface area contributed by atoms with Gasteiger partial charge in [0.05, 0.1) is 11.6 Å². The monoisotopic (exact) mass is 333 g/mol. The standard InChI is InChI=1S/C18H15N5O2/c24-16-11-13(12-5-1-2-6-14(12)21-16)18(25)22-15-7-3-8-19-17(15)23-10-4-9-20-23/h1-10,13H,11H2,(H,21,24)(H,22,25). The number of hydrogen-bond acceptors (Lipinski definition) is 4. The predicted molar refractivity (Wildman–Crippen MR) is 92.4 cm³/mol. The molecular weight excluding hydrogens is 318 g/mol. The van der Waals surface area contributed by atoms with Crippen LogP contribution in [0.3, 0.4) is 0 Å². The largest absolute Gasteiger partial charge is 0.326 e. The molecule has 3 heterocycles. The van der Waals surface area contributed by atoms with E-state index in [1.54, 1.807) is 47.5 Å². The van der Waals surface area contributed by atoms with Crippen LogP contribution in [0.5, 0.6) is 0 Å². The Morgan fingerprint density at radius 2 is 2.04 bits per heavy atom. The third kappa shape index (κ3) is 2.87. The molecule has 1 unspecified atom stereocenters. The second-order valence-electron chi connectivity index (χ2n) is 5.71. The predicted octanol–water partition coefficient (Wildman–Crippen LogP) is 2.33. The zero-order chi connectivity index (χ0) is 17.2. The Balaban J connectivity index is 1.65. The van der Waals surface area contributed by atoms with Crippen molar-refractivity contribution >= 4 is 23.2 Å². The Hall–Kier alpha value is -3.48. The molecule has 1 aliphatic heterocycles. The number of pyridine rings is 1. The second-order valence-corrected chi connectivity index (χ2v) is 5.71. The van der Waals surface area contributed by atoms with Crippen LogP contribution in [0, 0.1) is 0 Å². The number of hydrogen-bond donors (Lipinski definition) is 2. The summed E-state index contributed by atoms with van der Waals surface area (Å²) in [6.45, 7) is 0. The van der Waals surface area contributed by atoms with Gasteiger partial charge in [0.1, 0.15) is 0 Å². The Morgan fingerprint density at radius 3 is 2.88 bits per heavy atom. The molecule has 1 aromatic carbocycles. The summed E-state index contributed by atoms with van der Waals surface area (Å²) in [5, 5.41) is 9.84. The maximum absolute atomic E-state index is 12.8. The normalized spacial score (nSPS) is 16.0. The van der Waals surface area contributed by atoms with E-state index in [1.165, 1.54) is 0 Å². The van der Waals surface area contributed by atoms with Gasteiger partial charge in [-0.15, -0.1) is 0 Å². The topological polar surface area (TPSA) is 88.9 Å². The number of carbonyl (C=O) groups excluding carboxylic acids is 2. The zero-order valence-corrected chi connectivity index (χ0v) is 13.2. The van der Waals surface area contributed by atoms with Crippen molar-refractivity contribution < 1.29 is 9.59 Å². The number of anilines is 2. The minimum absolute atomic E-state index is 0.111. The molecule has 0 fully saturated rings. The molecule has 2 aromatic heterocycles. The van der Waals surface area contributed by atoms with Crippen LogP contribution in [0.15, 0.2) is 61.1 Å². The number of para-hydroxylation sites is 1. The molecule has 4 rings (SSSR count). The molecule has 3 aromatic rings. The molecule has 0 bridgehead atoms. The van der Waals surface area contributed by atoms with E-state index in [0.717, 1.165) is 5.56 Å². The van der Waals surface area contributed by atoms with E-state index in [-0.39, 0.29) is 18.2 Å². The van der Waals surface area contributed by atoms with Crippen LogP contribution >= 0.6 is 0 Å². The highest BCUT2D eigenvalue weighted by atomic mass is 16.2. The van der Waals surface area contributed by atoms with Crippen molar-refractivity contribution in [3.8, 4) is 5.82 Å². The first-order chi connectivity index (χ1) is 12.2. The number of amides is 2. The van der Waals surface area contributed by atoms with E-state index in [9.17, 15) is 9.59 Å². The minimum atomic E-state index is -0.546. The molecule has 2 amide bonds. The average Bonchev–Trinajstić information content (AvgIpc) is 3.16. The van der Waals surface area contributed by atoms with Gasteiger partial charge in [-0.3, -0.25) is 9.59 Å². The highest BCUT2D eigenvalue weighted by Crippen LogP contribution is 2.33. The molecule has 0 saturated carbocycles. The Labute approximate surface area is 143 Å². The Bertz CT molecular complexity index is 936. The van der Waals surface area contributed by atoms with Crippen LogP contribution in [-0.2, 0) is 9.59 Å². The van der Waals surface area contributed by atoms with Gasteiger partial charge < -0.3 is 10.6 Å². The molecule has 0 spiro atoms.